The maximum atomic E-state index is 12.3. The summed E-state index contributed by atoms with van der Waals surface area (Å²) in [6, 6.07) is 8.18. The zero-order valence-electron chi connectivity index (χ0n) is 12.9. The van der Waals surface area contributed by atoms with Gasteiger partial charge in [-0.1, -0.05) is 24.3 Å². The summed E-state index contributed by atoms with van der Waals surface area (Å²) in [6.07, 6.45) is 2.00. The average Bonchev–Trinajstić information content (AvgIpc) is 3.18. The van der Waals surface area contributed by atoms with E-state index in [1.165, 1.54) is 4.88 Å². The SMILES string of the molecule is Cc1ncsc1-c1ccccc1[C@H](C)NC(=O)C1CCCN1. The fourth-order valence-electron chi connectivity index (χ4n) is 2.94. The second-order valence-electron chi connectivity index (χ2n) is 5.73. The highest BCUT2D eigenvalue weighted by Gasteiger charge is 2.24. The quantitative estimate of drug-likeness (QED) is 0.912. The van der Waals surface area contributed by atoms with Gasteiger partial charge in [0.2, 0.25) is 5.91 Å². The van der Waals surface area contributed by atoms with E-state index < -0.39 is 0 Å². The summed E-state index contributed by atoms with van der Waals surface area (Å²) in [5.41, 5.74) is 5.21. The summed E-state index contributed by atoms with van der Waals surface area (Å²) in [7, 11) is 0. The lowest BCUT2D eigenvalue weighted by Gasteiger charge is -2.20. The summed E-state index contributed by atoms with van der Waals surface area (Å²) in [5.74, 6) is 0.0980. The maximum Gasteiger partial charge on any atom is 0.237 e. The lowest BCUT2D eigenvalue weighted by atomic mass is 9.99. The van der Waals surface area contributed by atoms with Gasteiger partial charge in [0.1, 0.15) is 0 Å². The van der Waals surface area contributed by atoms with Gasteiger partial charge in [0, 0.05) is 0 Å². The number of carbonyl (C=O) groups excluding carboxylic acids is 1. The second kappa shape index (κ2) is 6.58. The number of aromatic nitrogens is 1. The van der Waals surface area contributed by atoms with Crippen molar-refractivity contribution in [2.24, 2.45) is 0 Å². The standard InChI is InChI=1S/C17H21N3OS/c1-11(20-17(21)15-8-5-9-18-15)13-6-3-4-7-14(13)16-12(2)19-10-22-16/h3-4,6-7,10-11,15,18H,5,8-9H2,1-2H3,(H,20,21)/t11-,15?/m0/s1. The summed E-state index contributed by atoms with van der Waals surface area (Å²) in [5, 5.41) is 6.39. The summed E-state index contributed by atoms with van der Waals surface area (Å²) in [6.45, 7) is 5.00. The second-order valence-corrected chi connectivity index (χ2v) is 6.59. The van der Waals surface area contributed by atoms with Crippen LogP contribution in [0.15, 0.2) is 29.8 Å². The fraction of sp³-hybridized carbons (Fsp3) is 0.412. The normalized spacial score (nSPS) is 19.1. The van der Waals surface area contributed by atoms with E-state index in [0.717, 1.165) is 36.2 Å². The topological polar surface area (TPSA) is 54.0 Å². The molecule has 22 heavy (non-hydrogen) atoms. The van der Waals surface area contributed by atoms with Crippen molar-refractivity contribution in [1.82, 2.24) is 15.6 Å². The van der Waals surface area contributed by atoms with Gasteiger partial charge in [-0.25, -0.2) is 4.98 Å². The molecule has 1 aromatic carbocycles. The summed E-state index contributed by atoms with van der Waals surface area (Å²) >= 11 is 1.64. The lowest BCUT2D eigenvalue weighted by molar-refractivity contribution is -0.123. The molecule has 3 rings (SSSR count). The van der Waals surface area contributed by atoms with Crippen LogP contribution in [-0.2, 0) is 4.79 Å². The van der Waals surface area contributed by atoms with Crippen LogP contribution in [0.1, 0.15) is 37.1 Å². The average molecular weight is 315 g/mol. The molecule has 2 atom stereocenters. The largest absolute Gasteiger partial charge is 0.348 e. The Kier molecular flexibility index (Phi) is 4.55. The molecule has 0 radical (unpaired) electrons. The number of hydrogen-bond donors (Lipinski definition) is 2. The molecule has 0 aliphatic carbocycles. The van der Waals surface area contributed by atoms with Crippen molar-refractivity contribution in [3.8, 4) is 10.4 Å². The van der Waals surface area contributed by atoms with Crippen LogP contribution in [-0.4, -0.2) is 23.5 Å². The minimum atomic E-state index is -0.0419. The number of hydrogen-bond acceptors (Lipinski definition) is 4. The van der Waals surface area contributed by atoms with Gasteiger partial charge in [-0.2, -0.15) is 0 Å². The predicted molar refractivity (Wildman–Crippen MR) is 89.9 cm³/mol. The first-order chi connectivity index (χ1) is 10.7. The van der Waals surface area contributed by atoms with Crippen molar-refractivity contribution in [3.63, 3.8) is 0 Å². The first kappa shape index (κ1) is 15.2. The Labute approximate surface area is 135 Å². The molecular formula is C17H21N3OS. The van der Waals surface area contributed by atoms with Crippen LogP contribution in [0, 0.1) is 6.92 Å². The zero-order chi connectivity index (χ0) is 15.5. The third-order valence-electron chi connectivity index (χ3n) is 4.15. The third-order valence-corrected chi connectivity index (χ3v) is 5.11. The number of nitrogens with zero attached hydrogens (tertiary/aromatic N) is 1. The molecule has 1 aliphatic rings. The molecule has 0 spiro atoms. The number of carbonyl (C=O) groups is 1. The van der Waals surface area contributed by atoms with Crippen LogP contribution < -0.4 is 10.6 Å². The van der Waals surface area contributed by atoms with Crippen LogP contribution in [0.3, 0.4) is 0 Å². The Morgan fingerprint density at radius 1 is 1.45 bits per heavy atom. The van der Waals surface area contributed by atoms with Crippen molar-refractivity contribution in [1.29, 1.82) is 0 Å². The Bertz CT molecular complexity index is 661. The molecule has 1 amide bonds. The minimum Gasteiger partial charge on any atom is -0.348 e. The first-order valence-corrected chi connectivity index (χ1v) is 8.58. The molecule has 2 N–H and O–H groups in total. The van der Waals surface area contributed by atoms with E-state index in [1.807, 2.05) is 31.5 Å². The van der Waals surface area contributed by atoms with E-state index in [4.69, 9.17) is 0 Å². The van der Waals surface area contributed by atoms with Gasteiger partial charge in [-0.3, -0.25) is 4.79 Å². The van der Waals surface area contributed by atoms with Crippen molar-refractivity contribution in [2.45, 2.75) is 38.8 Å². The molecule has 1 aromatic heterocycles. The van der Waals surface area contributed by atoms with Crippen LogP contribution in [0.2, 0.25) is 0 Å². The molecule has 1 aliphatic heterocycles. The highest BCUT2D eigenvalue weighted by atomic mass is 32.1. The van der Waals surface area contributed by atoms with E-state index >= 15 is 0 Å². The Balaban J connectivity index is 1.82. The smallest absolute Gasteiger partial charge is 0.237 e. The van der Waals surface area contributed by atoms with Crippen LogP contribution >= 0.6 is 11.3 Å². The molecular weight excluding hydrogens is 294 g/mol. The molecule has 2 aromatic rings. The number of nitrogens with one attached hydrogen (secondary N) is 2. The molecule has 2 heterocycles. The van der Waals surface area contributed by atoms with Gasteiger partial charge in [0.05, 0.1) is 28.2 Å². The Hall–Kier alpha value is -1.72. The van der Waals surface area contributed by atoms with E-state index in [1.54, 1.807) is 11.3 Å². The molecule has 1 saturated heterocycles. The lowest BCUT2D eigenvalue weighted by Crippen LogP contribution is -2.41. The molecule has 0 saturated carbocycles. The summed E-state index contributed by atoms with van der Waals surface area (Å²) in [4.78, 5) is 17.8. The van der Waals surface area contributed by atoms with Crippen molar-refractivity contribution in [3.05, 3.63) is 41.0 Å². The van der Waals surface area contributed by atoms with Gasteiger partial charge < -0.3 is 10.6 Å². The molecule has 1 fully saturated rings. The van der Waals surface area contributed by atoms with Crippen LogP contribution in [0.25, 0.3) is 10.4 Å². The van der Waals surface area contributed by atoms with Gasteiger partial charge in [-0.15, -0.1) is 11.3 Å². The number of benzene rings is 1. The minimum absolute atomic E-state index is 0.0207. The van der Waals surface area contributed by atoms with Crippen LogP contribution in [0.5, 0.6) is 0 Å². The Morgan fingerprint density at radius 3 is 2.95 bits per heavy atom. The number of aryl methyl sites for hydroxylation is 1. The highest BCUT2D eigenvalue weighted by Crippen LogP contribution is 2.33. The molecule has 5 heteroatoms. The van der Waals surface area contributed by atoms with E-state index in [-0.39, 0.29) is 18.0 Å². The number of rotatable bonds is 4. The first-order valence-electron chi connectivity index (χ1n) is 7.70. The maximum absolute atomic E-state index is 12.3. The third kappa shape index (κ3) is 3.05. The van der Waals surface area contributed by atoms with E-state index in [0.29, 0.717) is 0 Å². The van der Waals surface area contributed by atoms with Crippen molar-refractivity contribution >= 4 is 17.2 Å². The van der Waals surface area contributed by atoms with Gasteiger partial charge in [0.15, 0.2) is 0 Å². The van der Waals surface area contributed by atoms with Gasteiger partial charge in [0.25, 0.3) is 0 Å². The highest BCUT2D eigenvalue weighted by molar-refractivity contribution is 7.13. The monoisotopic (exact) mass is 315 g/mol. The van der Waals surface area contributed by atoms with Crippen LogP contribution in [0.4, 0.5) is 0 Å². The van der Waals surface area contributed by atoms with E-state index in [2.05, 4.69) is 27.8 Å². The van der Waals surface area contributed by atoms with Crippen molar-refractivity contribution < 1.29 is 4.79 Å². The molecule has 0 bridgehead atoms. The van der Waals surface area contributed by atoms with E-state index in [9.17, 15) is 4.79 Å². The van der Waals surface area contributed by atoms with Gasteiger partial charge in [-0.05, 0) is 44.4 Å². The molecule has 4 nitrogen and oxygen atoms in total. The van der Waals surface area contributed by atoms with Crippen molar-refractivity contribution in [2.75, 3.05) is 6.54 Å². The fourth-order valence-corrected chi connectivity index (χ4v) is 3.79. The zero-order valence-corrected chi connectivity index (χ0v) is 13.7. The molecule has 116 valence electrons. The summed E-state index contributed by atoms with van der Waals surface area (Å²) < 4.78 is 0. The number of thiazole rings is 1. The predicted octanol–water partition coefficient (Wildman–Crippen LogP) is 3.05. The van der Waals surface area contributed by atoms with Gasteiger partial charge >= 0.3 is 0 Å². The Morgan fingerprint density at radius 2 is 2.27 bits per heavy atom. The molecule has 1 unspecified atom stereocenters. The number of amides is 1.